The lowest BCUT2D eigenvalue weighted by Gasteiger charge is -2.26. The number of benzene rings is 1. The maximum atomic E-state index is 12.3. The third-order valence-electron chi connectivity index (χ3n) is 3.72. The Hall–Kier alpha value is -1.36. The van der Waals surface area contributed by atoms with Crippen molar-refractivity contribution in [2.45, 2.75) is 25.8 Å². The van der Waals surface area contributed by atoms with Gasteiger partial charge in [0, 0.05) is 16.4 Å². The molecule has 110 valence electrons. The van der Waals surface area contributed by atoms with Gasteiger partial charge >= 0.3 is 5.97 Å². The first-order valence-electron chi connectivity index (χ1n) is 6.91. The van der Waals surface area contributed by atoms with Crippen LogP contribution < -0.4 is 0 Å². The molecule has 0 spiro atoms. The molecule has 3 nitrogen and oxygen atoms in total. The van der Waals surface area contributed by atoms with E-state index >= 15 is 0 Å². The van der Waals surface area contributed by atoms with Crippen LogP contribution in [0.2, 0.25) is 5.02 Å². The molecule has 0 N–H and O–H groups in total. The lowest BCUT2D eigenvalue weighted by atomic mass is 10.0. The van der Waals surface area contributed by atoms with Gasteiger partial charge < -0.3 is 4.84 Å². The van der Waals surface area contributed by atoms with Crippen molar-refractivity contribution in [3.63, 3.8) is 0 Å². The second-order valence-electron chi connectivity index (χ2n) is 5.14. The van der Waals surface area contributed by atoms with E-state index in [4.69, 9.17) is 16.4 Å². The SMILES string of the molecule is C[C@H](C(=O)ON1CCc2sccc2C1)c1ccccc1Cl. The molecule has 1 aromatic heterocycles. The summed E-state index contributed by atoms with van der Waals surface area (Å²) in [6, 6.07) is 9.48. The Bertz CT molecular complexity index is 655. The molecule has 5 heteroatoms. The highest BCUT2D eigenvalue weighted by atomic mass is 35.5. The third kappa shape index (κ3) is 3.12. The van der Waals surface area contributed by atoms with Crippen molar-refractivity contribution in [3.05, 3.63) is 56.7 Å². The van der Waals surface area contributed by atoms with Gasteiger partial charge in [-0.25, -0.2) is 4.79 Å². The van der Waals surface area contributed by atoms with Gasteiger partial charge in [0.25, 0.3) is 0 Å². The van der Waals surface area contributed by atoms with Crippen molar-refractivity contribution in [2.24, 2.45) is 0 Å². The molecule has 0 saturated carbocycles. The first-order chi connectivity index (χ1) is 10.1. The van der Waals surface area contributed by atoms with Gasteiger partial charge in [0.2, 0.25) is 0 Å². The first kappa shape index (κ1) is 14.6. The van der Waals surface area contributed by atoms with Crippen LogP contribution in [-0.4, -0.2) is 17.6 Å². The summed E-state index contributed by atoms with van der Waals surface area (Å²) in [4.78, 5) is 19.2. The van der Waals surface area contributed by atoms with Crippen molar-refractivity contribution in [1.82, 2.24) is 5.06 Å². The highest BCUT2D eigenvalue weighted by Crippen LogP contribution is 2.27. The van der Waals surface area contributed by atoms with Gasteiger partial charge in [-0.1, -0.05) is 29.8 Å². The fraction of sp³-hybridized carbons (Fsp3) is 0.312. The minimum atomic E-state index is -0.373. The third-order valence-corrected chi connectivity index (χ3v) is 5.08. The van der Waals surface area contributed by atoms with Crippen molar-refractivity contribution < 1.29 is 9.63 Å². The number of carbonyl (C=O) groups is 1. The number of nitrogens with zero attached hydrogens (tertiary/aromatic N) is 1. The number of hydroxylamine groups is 2. The molecule has 21 heavy (non-hydrogen) atoms. The summed E-state index contributed by atoms with van der Waals surface area (Å²) >= 11 is 7.91. The Morgan fingerprint density at radius 3 is 3.00 bits per heavy atom. The minimum absolute atomic E-state index is 0.262. The molecule has 3 rings (SSSR count). The molecule has 1 aromatic carbocycles. The Labute approximate surface area is 133 Å². The molecule has 0 radical (unpaired) electrons. The molecule has 2 aromatic rings. The van der Waals surface area contributed by atoms with Gasteiger partial charge in [0.15, 0.2) is 0 Å². The van der Waals surface area contributed by atoms with Crippen molar-refractivity contribution in [3.8, 4) is 0 Å². The van der Waals surface area contributed by atoms with Crippen LogP contribution in [0.25, 0.3) is 0 Å². The van der Waals surface area contributed by atoms with Gasteiger partial charge in [-0.15, -0.1) is 16.4 Å². The molecule has 0 saturated heterocycles. The van der Waals surface area contributed by atoms with Crippen LogP contribution in [0.4, 0.5) is 0 Å². The van der Waals surface area contributed by atoms with Crippen molar-refractivity contribution >= 4 is 28.9 Å². The molecule has 1 aliphatic heterocycles. The average Bonchev–Trinajstić information content (AvgIpc) is 2.94. The summed E-state index contributed by atoms with van der Waals surface area (Å²) in [5, 5.41) is 4.42. The molecular formula is C16H16ClNO2S. The van der Waals surface area contributed by atoms with Gasteiger partial charge in [0.1, 0.15) is 0 Å². The number of hydrogen-bond acceptors (Lipinski definition) is 4. The van der Waals surface area contributed by atoms with Crippen LogP contribution in [0.3, 0.4) is 0 Å². The summed E-state index contributed by atoms with van der Waals surface area (Å²) in [6.45, 7) is 3.23. The Kier molecular flexibility index (Phi) is 4.29. The van der Waals surface area contributed by atoms with Gasteiger partial charge in [-0.3, -0.25) is 0 Å². The smallest absolute Gasteiger partial charge is 0.332 e. The standard InChI is InChI=1S/C16H16ClNO2S/c1-11(13-4-2-3-5-14(13)17)16(19)20-18-8-6-15-12(10-18)7-9-21-15/h2-5,7,9,11H,6,8,10H2,1H3/t11-/m0/s1. The molecular weight excluding hydrogens is 306 g/mol. The van der Waals surface area contributed by atoms with E-state index in [2.05, 4.69) is 11.4 Å². The highest BCUT2D eigenvalue weighted by Gasteiger charge is 2.25. The number of thiophene rings is 1. The number of rotatable bonds is 3. The van der Waals surface area contributed by atoms with Crippen LogP contribution in [0.5, 0.6) is 0 Å². The van der Waals surface area contributed by atoms with Gasteiger partial charge in [-0.2, -0.15) is 0 Å². The van der Waals surface area contributed by atoms with Crippen LogP contribution in [0, 0.1) is 0 Å². The fourth-order valence-electron chi connectivity index (χ4n) is 2.46. The van der Waals surface area contributed by atoms with E-state index in [1.54, 1.807) is 22.5 Å². The molecule has 1 aliphatic rings. The van der Waals surface area contributed by atoms with Crippen molar-refractivity contribution in [2.75, 3.05) is 6.54 Å². The Morgan fingerprint density at radius 1 is 1.38 bits per heavy atom. The monoisotopic (exact) mass is 321 g/mol. The quantitative estimate of drug-likeness (QED) is 0.855. The number of hydrogen-bond donors (Lipinski definition) is 0. The number of carbonyl (C=O) groups excluding carboxylic acids is 1. The van der Waals surface area contributed by atoms with Crippen molar-refractivity contribution in [1.29, 1.82) is 0 Å². The highest BCUT2D eigenvalue weighted by molar-refractivity contribution is 7.10. The van der Waals surface area contributed by atoms with E-state index in [-0.39, 0.29) is 11.9 Å². The summed E-state index contributed by atoms with van der Waals surface area (Å²) < 4.78 is 0. The maximum absolute atomic E-state index is 12.3. The lowest BCUT2D eigenvalue weighted by molar-refractivity contribution is -0.196. The second kappa shape index (κ2) is 6.18. The number of halogens is 1. The molecule has 0 unspecified atom stereocenters. The summed E-state index contributed by atoms with van der Waals surface area (Å²) in [7, 11) is 0. The summed E-state index contributed by atoms with van der Waals surface area (Å²) in [5.41, 5.74) is 2.06. The van der Waals surface area contributed by atoms with E-state index in [1.807, 2.05) is 25.1 Å². The predicted octanol–water partition coefficient (Wildman–Crippen LogP) is 4.02. The zero-order valence-electron chi connectivity index (χ0n) is 11.7. The second-order valence-corrected chi connectivity index (χ2v) is 6.54. The molecule has 1 atom stereocenters. The zero-order valence-corrected chi connectivity index (χ0v) is 13.3. The van der Waals surface area contributed by atoms with E-state index in [1.165, 1.54) is 10.4 Å². The van der Waals surface area contributed by atoms with E-state index in [9.17, 15) is 4.79 Å². The maximum Gasteiger partial charge on any atom is 0.332 e. The van der Waals surface area contributed by atoms with E-state index < -0.39 is 0 Å². The molecule has 0 bridgehead atoms. The molecule has 0 fully saturated rings. The van der Waals surface area contributed by atoms with Crippen LogP contribution >= 0.6 is 22.9 Å². The predicted molar refractivity (Wildman–Crippen MR) is 84.4 cm³/mol. The van der Waals surface area contributed by atoms with Crippen LogP contribution in [0.1, 0.15) is 28.8 Å². The largest absolute Gasteiger partial charge is 0.367 e. The Balaban J connectivity index is 1.66. The van der Waals surface area contributed by atoms with Crippen LogP contribution in [0.15, 0.2) is 35.7 Å². The molecule has 2 heterocycles. The van der Waals surface area contributed by atoms with Crippen LogP contribution in [-0.2, 0) is 22.6 Å². The average molecular weight is 322 g/mol. The fourth-order valence-corrected chi connectivity index (χ4v) is 3.65. The minimum Gasteiger partial charge on any atom is -0.367 e. The lowest BCUT2D eigenvalue weighted by Crippen LogP contribution is -2.33. The van der Waals surface area contributed by atoms with E-state index in [0.29, 0.717) is 11.6 Å². The molecule has 0 aliphatic carbocycles. The molecule has 0 amide bonds. The topological polar surface area (TPSA) is 29.5 Å². The first-order valence-corrected chi connectivity index (χ1v) is 8.17. The van der Waals surface area contributed by atoms with Gasteiger partial charge in [-0.05, 0) is 42.0 Å². The van der Waals surface area contributed by atoms with E-state index in [0.717, 1.165) is 18.5 Å². The Morgan fingerprint density at radius 2 is 2.19 bits per heavy atom. The zero-order chi connectivity index (χ0) is 14.8. The normalized spacial score (nSPS) is 16.3. The number of fused-ring (bicyclic) bond motifs is 1. The van der Waals surface area contributed by atoms with Gasteiger partial charge in [0.05, 0.1) is 12.5 Å². The summed E-state index contributed by atoms with van der Waals surface area (Å²) in [6.07, 6.45) is 0.931. The summed E-state index contributed by atoms with van der Waals surface area (Å²) in [5.74, 6) is -0.635.